The topological polar surface area (TPSA) is 77.2 Å². The van der Waals surface area contributed by atoms with E-state index in [0.29, 0.717) is 17.5 Å². The summed E-state index contributed by atoms with van der Waals surface area (Å²) in [4.78, 5) is 17.7. The smallest absolute Gasteiger partial charge is 0.262 e. The predicted octanol–water partition coefficient (Wildman–Crippen LogP) is 4.67. The Morgan fingerprint density at radius 3 is 2.91 bits per heavy atom. The molecule has 1 N–H and O–H groups in total. The zero-order valence-corrected chi connectivity index (χ0v) is 19.3. The molecule has 1 aromatic heterocycles. The lowest BCUT2D eigenvalue weighted by atomic mass is 9.96. The van der Waals surface area contributed by atoms with Crippen LogP contribution in [0, 0.1) is 0 Å². The normalized spacial score (nSPS) is 17.0. The number of anilines is 1. The molecular formula is C25H26N4O3S. The molecule has 0 unspecified atom stereocenters. The van der Waals surface area contributed by atoms with Gasteiger partial charge in [0.15, 0.2) is 6.61 Å². The Labute approximate surface area is 196 Å². The molecule has 1 aliphatic heterocycles. The Morgan fingerprint density at radius 2 is 2.06 bits per heavy atom. The molecular weight excluding hydrogens is 436 g/mol. The Hall–Kier alpha value is -3.39. The van der Waals surface area contributed by atoms with E-state index in [0.717, 1.165) is 40.2 Å². The van der Waals surface area contributed by atoms with Crippen LogP contribution in [0.1, 0.15) is 37.7 Å². The van der Waals surface area contributed by atoms with Crippen molar-refractivity contribution < 1.29 is 14.3 Å². The fraction of sp³-hybridized carbons (Fsp3) is 0.320. The Bertz CT molecular complexity index is 1250. The molecule has 7 nitrogen and oxygen atoms in total. The van der Waals surface area contributed by atoms with Crippen molar-refractivity contribution in [3.05, 3.63) is 58.2 Å². The van der Waals surface area contributed by atoms with Crippen LogP contribution >= 0.6 is 11.3 Å². The van der Waals surface area contributed by atoms with Gasteiger partial charge >= 0.3 is 0 Å². The van der Waals surface area contributed by atoms with Gasteiger partial charge in [-0.1, -0.05) is 31.4 Å². The maximum Gasteiger partial charge on any atom is 0.262 e. The van der Waals surface area contributed by atoms with Gasteiger partial charge in [-0.05, 0) is 48.7 Å². The van der Waals surface area contributed by atoms with Crippen molar-refractivity contribution in [2.45, 2.75) is 38.1 Å². The number of benzene rings is 2. The molecule has 1 fully saturated rings. The lowest BCUT2D eigenvalue weighted by Crippen LogP contribution is -2.25. The molecule has 1 aliphatic carbocycles. The van der Waals surface area contributed by atoms with Crippen molar-refractivity contribution >= 4 is 29.1 Å². The molecule has 2 aromatic carbocycles. The molecule has 0 bridgehead atoms. The Morgan fingerprint density at radius 1 is 1.18 bits per heavy atom. The molecule has 0 radical (unpaired) electrons. The monoisotopic (exact) mass is 462 g/mol. The first kappa shape index (κ1) is 21.5. The van der Waals surface area contributed by atoms with Gasteiger partial charge in [-0.3, -0.25) is 9.79 Å². The van der Waals surface area contributed by atoms with Gasteiger partial charge in [0.2, 0.25) is 4.80 Å². The SMILES string of the molecule is COc1cccc(/C=N\n2c(-c3ccc4c(c3)NC(=O)CO4)csc2=NC2CCCCC2)c1. The summed E-state index contributed by atoms with van der Waals surface area (Å²) in [5.74, 6) is 1.31. The number of hydrogen-bond acceptors (Lipinski definition) is 6. The van der Waals surface area contributed by atoms with E-state index < -0.39 is 0 Å². The third-order valence-corrected chi connectivity index (χ3v) is 6.71. The number of fused-ring (bicyclic) bond motifs is 1. The average Bonchev–Trinajstić information content (AvgIpc) is 3.25. The van der Waals surface area contributed by atoms with Crippen molar-refractivity contribution in [1.29, 1.82) is 0 Å². The number of aromatic nitrogens is 1. The number of thiazole rings is 1. The zero-order chi connectivity index (χ0) is 22.6. The van der Waals surface area contributed by atoms with Crippen molar-refractivity contribution in [3.63, 3.8) is 0 Å². The number of rotatable bonds is 5. The maximum absolute atomic E-state index is 11.8. The van der Waals surface area contributed by atoms with E-state index >= 15 is 0 Å². The average molecular weight is 463 g/mol. The quantitative estimate of drug-likeness (QED) is 0.560. The van der Waals surface area contributed by atoms with Crippen LogP contribution in [0.4, 0.5) is 5.69 Å². The van der Waals surface area contributed by atoms with Crippen LogP contribution < -0.4 is 19.6 Å². The van der Waals surface area contributed by atoms with E-state index in [1.54, 1.807) is 18.4 Å². The fourth-order valence-corrected chi connectivity index (χ4v) is 5.06. The first-order chi connectivity index (χ1) is 16.2. The molecule has 170 valence electrons. The summed E-state index contributed by atoms with van der Waals surface area (Å²) < 4.78 is 12.7. The number of carbonyl (C=O) groups excluding carboxylic acids is 1. The minimum absolute atomic E-state index is 0.0417. The molecule has 8 heteroatoms. The molecule has 5 rings (SSSR count). The van der Waals surface area contributed by atoms with Crippen molar-refractivity contribution in [2.24, 2.45) is 10.1 Å². The van der Waals surface area contributed by atoms with Gasteiger partial charge in [0, 0.05) is 10.9 Å². The van der Waals surface area contributed by atoms with Crippen LogP contribution in [0.2, 0.25) is 0 Å². The summed E-state index contributed by atoms with van der Waals surface area (Å²) in [6, 6.07) is 13.9. The zero-order valence-electron chi connectivity index (χ0n) is 18.5. The van der Waals surface area contributed by atoms with E-state index in [9.17, 15) is 4.79 Å². The molecule has 33 heavy (non-hydrogen) atoms. The highest BCUT2D eigenvalue weighted by molar-refractivity contribution is 7.07. The number of carbonyl (C=O) groups is 1. The number of ether oxygens (including phenoxy) is 2. The minimum Gasteiger partial charge on any atom is -0.497 e. The van der Waals surface area contributed by atoms with Crippen molar-refractivity contribution in [3.8, 4) is 22.8 Å². The highest BCUT2D eigenvalue weighted by Gasteiger charge is 2.18. The number of methoxy groups -OCH3 is 1. The maximum atomic E-state index is 11.8. The van der Waals surface area contributed by atoms with Crippen LogP contribution in [0.5, 0.6) is 11.5 Å². The highest BCUT2D eigenvalue weighted by atomic mass is 32.1. The van der Waals surface area contributed by atoms with E-state index in [1.165, 1.54) is 19.3 Å². The first-order valence-electron chi connectivity index (χ1n) is 11.2. The van der Waals surface area contributed by atoms with Gasteiger partial charge in [-0.15, -0.1) is 11.3 Å². The molecule has 0 spiro atoms. The summed E-state index contributed by atoms with van der Waals surface area (Å²) in [6.45, 7) is 0.0417. The fourth-order valence-electron chi connectivity index (χ4n) is 4.15. The lowest BCUT2D eigenvalue weighted by molar-refractivity contribution is -0.118. The molecule has 1 saturated carbocycles. The highest BCUT2D eigenvalue weighted by Crippen LogP contribution is 2.33. The largest absolute Gasteiger partial charge is 0.497 e. The van der Waals surface area contributed by atoms with Gasteiger partial charge in [0.1, 0.15) is 11.5 Å². The van der Waals surface area contributed by atoms with Crippen molar-refractivity contribution in [1.82, 2.24) is 4.68 Å². The summed E-state index contributed by atoms with van der Waals surface area (Å²) in [6.07, 6.45) is 7.80. The van der Waals surface area contributed by atoms with Crippen LogP contribution in [0.15, 0.2) is 57.9 Å². The van der Waals surface area contributed by atoms with Crippen LogP contribution in [0.3, 0.4) is 0 Å². The van der Waals surface area contributed by atoms with E-state index in [4.69, 9.17) is 19.6 Å². The van der Waals surface area contributed by atoms with Crippen LogP contribution in [0.25, 0.3) is 11.3 Å². The number of amides is 1. The predicted molar refractivity (Wildman–Crippen MR) is 130 cm³/mol. The molecule has 1 amide bonds. The minimum atomic E-state index is -0.151. The molecule has 2 aliphatic rings. The van der Waals surface area contributed by atoms with Gasteiger partial charge in [0.25, 0.3) is 5.91 Å². The number of nitrogens with zero attached hydrogens (tertiary/aromatic N) is 3. The second-order valence-corrected chi connectivity index (χ2v) is 9.04. The second kappa shape index (κ2) is 9.62. The Kier molecular flexibility index (Phi) is 6.26. The number of nitrogens with one attached hydrogen (secondary N) is 1. The van der Waals surface area contributed by atoms with Crippen LogP contribution in [-0.2, 0) is 4.79 Å². The van der Waals surface area contributed by atoms with Gasteiger partial charge in [-0.25, -0.2) is 4.68 Å². The molecule has 2 heterocycles. The summed E-state index contributed by atoms with van der Waals surface area (Å²) in [5, 5.41) is 9.77. The van der Waals surface area contributed by atoms with Gasteiger partial charge in [-0.2, -0.15) is 5.10 Å². The summed E-state index contributed by atoms with van der Waals surface area (Å²) in [5.41, 5.74) is 3.46. The van der Waals surface area contributed by atoms with Crippen molar-refractivity contribution in [2.75, 3.05) is 19.0 Å². The summed E-state index contributed by atoms with van der Waals surface area (Å²) >= 11 is 1.58. The molecule has 0 saturated heterocycles. The Balaban J connectivity index is 1.56. The molecule has 3 aromatic rings. The third-order valence-electron chi connectivity index (χ3n) is 5.88. The molecule has 0 atom stereocenters. The summed E-state index contributed by atoms with van der Waals surface area (Å²) in [7, 11) is 1.65. The van der Waals surface area contributed by atoms with E-state index in [1.807, 2.05) is 53.4 Å². The standard InChI is InChI=1S/C25H26N4O3S/c1-31-20-9-5-6-17(12-20)14-26-29-22(16-33-25(29)27-19-7-3-2-4-8-19)18-10-11-23-21(13-18)28-24(30)15-32-23/h5-6,9-14,16,19H,2-4,7-8,15H2,1H3,(H,28,30)/b26-14-,27-25?. The third kappa shape index (κ3) is 4.85. The lowest BCUT2D eigenvalue weighted by Gasteiger charge is -2.18. The first-order valence-corrected chi connectivity index (χ1v) is 12.1. The van der Waals surface area contributed by atoms with Gasteiger partial charge < -0.3 is 14.8 Å². The van der Waals surface area contributed by atoms with Gasteiger partial charge in [0.05, 0.1) is 30.7 Å². The van der Waals surface area contributed by atoms with E-state index in [2.05, 4.69) is 10.7 Å². The number of hydrogen-bond donors (Lipinski definition) is 1. The van der Waals surface area contributed by atoms with Crippen LogP contribution in [-0.4, -0.2) is 36.6 Å². The second-order valence-electron chi connectivity index (χ2n) is 8.21. The van der Waals surface area contributed by atoms with E-state index in [-0.39, 0.29) is 12.5 Å².